The highest BCUT2D eigenvalue weighted by molar-refractivity contribution is 5.97. The molecule has 0 saturated carbocycles. The molecule has 3 aromatic carbocycles. The van der Waals surface area contributed by atoms with Crippen LogP contribution in [-0.2, 0) is 6.42 Å². The number of aromatic amines is 1. The van der Waals surface area contributed by atoms with Crippen molar-refractivity contribution in [2.45, 2.75) is 26.3 Å². The molecule has 0 spiro atoms. The average molecular weight is 532 g/mol. The van der Waals surface area contributed by atoms with Gasteiger partial charge in [0.1, 0.15) is 0 Å². The molecule has 40 heavy (non-hydrogen) atoms. The van der Waals surface area contributed by atoms with Crippen LogP contribution < -0.4 is 5.32 Å². The number of nitrogens with one attached hydrogen (secondary N) is 2. The second-order valence-corrected chi connectivity index (χ2v) is 9.76. The Kier molecular flexibility index (Phi) is 6.31. The molecular formula is C31H25N5O4. The number of carbonyl (C=O) groups is 2. The molecule has 1 atom stereocenters. The highest BCUT2D eigenvalue weighted by Crippen LogP contribution is 2.36. The van der Waals surface area contributed by atoms with E-state index in [0.717, 1.165) is 39.1 Å². The lowest BCUT2D eigenvalue weighted by Gasteiger charge is -2.27. The van der Waals surface area contributed by atoms with Crippen molar-refractivity contribution >= 4 is 24.0 Å². The fourth-order valence-electron chi connectivity index (χ4n) is 4.94. The fraction of sp³-hybridized carbons (Fsp3) is 0.129. The SMILES string of the molecule is Cc1ccc(-c2nnc(/C=C/c3n[nH]c(C4Cc5c(C)cccc5C(=O)N4)c3-c3ccc(C(=O)O)cc3)o2)cc1. The van der Waals surface area contributed by atoms with Crippen molar-refractivity contribution in [1.29, 1.82) is 0 Å². The van der Waals surface area contributed by atoms with Crippen LogP contribution in [0.25, 0.3) is 34.7 Å². The molecule has 5 aromatic rings. The first kappa shape index (κ1) is 25.0. The summed E-state index contributed by atoms with van der Waals surface area (Å²) in [4.78, 5) is 24.4. The first-order valence-corrected chi connectivity index (χ1v) is 12.8. The molecule has 0 saturated heterocycles. The second-order valence-electron chi connectivity index (χ2n) is 9.76. The topological polar surface area (TPSA) is 134 Å². The summed E-state index contributed by atoms with van der Waals surface area (Å²) in [5, 5.41) is 28.4. The molecule has 1 aliphatic rings. The van der Waals surface area contributed by atoms with Gasteiger partial charge in [-0.3, -0.25) is 9.89 Å². The summed E-state index contributed by atoms with van der Waals surface area (Å²) < 4.78 is 5.84. The number of hydrogen-bond donors (Lipinski definition) is 3. The lowest BCUT2D eigenvalue weighted by Crippen LogP contribution is -2.36. The summed E-state index contributed by atoms with van der Waals surface area (Å²) in [6, 6.07) is 19.7. The maximum absolute atomic E-state index is 13.0. The van der Waals surface area contributed by atoms with E-state index in [2.05, 4.69) is 25.7 Å². The normalized spacial score (nSPS) is 14.8. The predicted octanol–water partition coefficient (Wildman–Crippen LogP) is 5.64. The number of aryl methyl sites for hydroxylation is 2. The molecule has 1 amide bonds. The van der Waals surface area contributed by atoms with E-state index in [9.17, 15) is 14.7 Å². The van der Waals surface area contributed by atoms with Gasteiger partial charge in [0, 0.05) is 22.8 Å². The summed E-state index contributed by atoms with van der Waals surface area (Å²) >= 11 is 0. The van der Waals surface area contributed by atoms with Gasteiger partial charge in [0.15, 0.2) is 0 Å². The molecule has 0 radical (unpaired) electrons. The van der Waals surface area contributed by atoms with Gasteiger partial charge in [-0.15, -0.1) is 10.2 Å². The standard InChI is InChI=1S/C31H25N5O4/c1-17-6-8-20(9-7-17)30-36-34-26(40-30)15-14-24-27(19-10-12-21(13-11-19)31(38)39)28(35-33-24)25-16-23-18(2)4-3-5-22(23)29(37)32-25/h3-15,25H,16H2,1-2H3,(H,32,37)(H,33,35)(H,38,39)/b15-14+. The van der Waals surface area contributed by atoms with E-state index >= 15 is 0 Å². The quantitative estimate of drug-likeness (QED) is 0.258. The molecular weight excluding hydrogens is 506 g/mol. The Hall–Kier alpha value is -5.31. The van der Waals surface area contributed by atoms with Crippen molar-refractivity contribution in [2.24, 2.45) is 0 Å². The number of carbonyl (C=O) groups excluding carboxylic acids is 1. The van der Waals surface area contributed by atoms with Crippen LogP contribution in [0.3, 0.4) is 0 Å². The zero-order valence-electron chi connectivity index (χ0n) is 21.8. The Morgan fingerprint density at radius 3 is 2.48 bits per heavy atom. The van der Waals surface area contributed by atoms with Gasteiger partial charge in [-0.2, -0.15) is 5.10 Å². The van der Waals surface area contributed by atoms with Crippen molar-refractivity contribution in [3.8, 4) is 22.6 Å². The minimum Gasteiger partial charge on any atom is -0.478 e. The lowest BCUT2D eigenvalue weighted by atomic mass is 9.88. The molecule has 2 aromatic heterocycles. The molecule has 3 heterocycles. The number of aromatic carboxylic acids is 1. The number of nitrogens with zero attached hydrogens (tertiary/aromatic N) is 3. The van der Waals surface area contributed by atoms with Crippen LogP contribution in [0.2, 0.25) is 0 Å². The van der Waals surface area contributed by atoms with Gasteiger partial charge in [0.05, 0.1) is 23.0 Å². The molecule has 0 bridgehead atoms. The van der Waals surface area contributed by atoms with Crippen molar-refractivity contribution < 1.29 is 19.1 Å². The van der Waals surface area contributed by atoms with Gasteiger partial charge in [-0.25, -0.2) is 4.79 Å². The van der Waals surface area contributed by atoms with Crippen LogP contribution in [0, 0.1) is 13.8 Å². The zero-order chi connectivity index (χ0) is 27.8. The number of H-pyrrole nitrogens is 1. The minimum atomic E-state index is -1.01. The van der Waals surface area contributed by atoms with Crippen LogP contribution in [0.5, 0.6) is 0 Å². The minimum absolute atomic E-state index is 0.150. The van der Waals surface area contributed by atoms with Crippen molar-refractivity contribution in [3.63, 3.8) is 0 Å². The predicted molar refractivity (Wildman–Crippen MR) is 149 cm³/mol. The summed E-state index contributed by atoms with van der Waals surface area (Å²) in [5.41, 5.74) is 7.64. The Morgan fingerprint density at radius 2 is 1.73 bits per heavy atom. The number of hydrogen-bond acceptors (Lipinski definition) is 6. The summed E-state index contributed by atoms with van der Waals surface area (Å²) in [7, 11) is 0. The number of carboxylic acids is 1. The zero-order valence-corrected chi connectivity index (χ0v) is 21.8. The van der Waals surface area contributed by atoms with E-state index in [-0.39, 0.29) is 17.5 Å². The maximum Gasteiger partial charge on any atom is 0.335 e. The number of carboxylic acid groups (broad SMARTS) is 1. The highest BCUT2D eigenvalue weighted by Gasteiger charge is 2.30. The molecule has 1 unspecified atom stereocenters. The molecule has 198 valence electrons. The lowest BCUT2D eigenvalue weighted by molar-refractivity contribution is 0.0696. The van der Waals surface area contributed by atoms with E-state index in [1.54, 1.807) is 36.4 Å². The van der Waals surface area contributed by atoms with Crippen LogP contribution >= 0.6 is 0 Å². The molecule has 0 fully saturated rings. The molecule has 9 heteroatoms. The Balaban J connectivity index is 1.38. The highest BCUT2D eigenvalue weighted by atomic mass is 16.4. The molecule has 3 N–H and O–H groups in total. The largest absolute Gasteiger partial charge is 0.478 e. The van der Waals surface area contributed by atoms with Crippen LogP contribution in [0.4, 0.5) is 0 Å². The third-order valence-electron chi connectivity index (χ3n) is 7.08. The van der Waals surface area contributed by atoms with Gasteiger partial charge < -0.3 is 14.8 Å². The third-order valence-corrected chi connectivity index (χ3v) is 7.08. The Bertz CT molecular complexity index is 1760. The summed E-state index contributed by atoms with van der Waals surface area (Å²) in [6.07, 6.45) is 4.03. The number of rotatable bonds is 6. The first-order chi connectivity index (χ1) is 19.4. The maximum atomic E-state index is 13.0. The van der Waals surface area contributed by atoms with Crippen molar-refractivity contribution in [1.82, 2.24) is 25.7 Å². The average Bonchev–Trinajstić information content (AvgIpc) is 3.60. The van der Waals surface area contributed by atoms with E-state index in [0.29, 0.717) is 29.5 Å². The molecule has 9 nitrogen and oxygen atoms in total. The number of aromatic nitrogens is 4. The molecule has 0 aliphatic carbocycles. The smallest absolute Gasteiger partial charge is 0.335 e. The van der Waals surface area contributed by atoms with Gasteiger partial charge in [0.2, 0.25) is 11.8 Å². The van der Waals surface area contributed by atoms with E-state index < -0.39 is 5.97 Å². The van der Waals surface area contributed by atoms with Gasteiger partial charge in [-0.1, -0.05) is 42.0 Å². The van der Waals surface area contributed by atoms with Crippen LogP contribution in [0.1, 0.15) is 60.7 Å². The van der Waals surface area contributed by atoms with Gasteiger partial charge >= 0.3 is 5.97 Å². The monoisotopic (exact) mass is 531 g/mol. The van der Waals surface area contributed by atoms with Crippen molar-refractivity contribution in [2.75, 3.05) is 0 Å². The Labute approximate surface area is 229 Å². The van der Waals surface area contributed by atoms with E-state index in [4.69, 9.17) is 4.42 Å². The Morgan fingerprint density at radius 1 is 0.975 bits per heavy atom. The van der Waals surface area contributed by atoms with Crippen molar-refractivity contribution in [3.05, 3.63) is 112 Å². The number of benzene rings is 3. The van der Waals surface area contributed by atoms with E-state index in [1.807, 2.05) is 56.3 Å². The fourth-order valence-corrected chi connectivity index (χ4v) is 4.94. The summed E-state index contributed by atoms with van der Waals surface area (Å²) in [6.45, 7) is 4.01. The van der Waals surface area contributed by atoms with Crippen LogP contribution in [-0.4, -0.2) is 37.4 Å². The second kappa shape index (κ2) is 10.1. The molecule has 1 aliphatic heterocycles. The third kappa shape index (κ3) is 4.69. The first-order valence-electron chi connectivity index (χ1n) is 12.8. The number of fused-ring (bicyclic) bond motifs is 1. The van der Waals surface area contributed by atoms with Gasteiger partial charge in [0.25, 0.3) is 5.91 Å². The van der Waals surface area contributed by atoms with Gasteiger partial charge in [-0.05, 0) is 73.4 Å². The summed E-state index contributed by atoms with van der Waals surface area (Å²) in [5.74, 6) is -0.441. The van der Waals surface area contributed by atoms with Crippen LogP contribution in [0.15, 0.2) is 71.1 Å². The number of amides is 1. The molecule has 6 rings (SSSR count). The van der Waals surface area contributed by atoms with E-state index in [1.165, 1.54) is 0 Å².